The van der Waals surface area contributed by atoms with E-state index in [0.29, 0.717) is 5.56 Å². The first kappa shape index (κ1) is 12.2. The highest BCUT2D eigenvalue weighted by Gasteiger charge is 2.07. The first-order valence-corrected chi connectivity index (χ1v) is 5.66. The van der Waals surface area contributed by atoms with Gasteiger partial charge in [-0.3, -0.25) is 0 Å². The summed E-state index contributed by atoms with van der Waals surface area (Å²) in [5.74, 6) is -0.154. The highest BCUT2D eigenvalue weighted by Crippen LogP contribution is 2.19. The van der Waals surface area contributed by atoms with Crippen molar-refractivity contribution in [3.8, 4) is 0 Å². The third kappa shape index (κ3) is 3.63. The van der Waals surface area contributed by atoms with Gasteiger partial charge >= 0.3 is 0 Å². The van der Waals surface area contributed by atoms with Crippen LogP contribution in [0.15, 0.2) is 18.2 Å². The van der Waals surface area contributed by atoms with Crippen LogP contribution < -0.4 is 5.73 Å². The van der Waals surface area contributed by atoms with Crippen LogP contribution >= 0.6 is 0 Å². The maximum absolute atomic E-state index is 13.3. The Hall–Kier alpha value is -0.890. The fraction of sp³-hybridized carbons (Fsp3) is 0.538. The summed E-state index contributed by atoms with van der Waals surface area (Å²) >= 11 is 0. The lowest BCUT2D eigenvalue weighted by Gasteiger charge is -2.12. The molecule has 0 saturated heterocycles. The van der Waals surface area contributed by atoms with Crippen molar-refractivity contribution < 1.29 is 4.39 Å². The molecule has 15 heavy (non-hydrogen) atoms. The lowest BCUT2D eigenvalue weighted by molar-refractivity contribution is 0.570. The number of hydrogen-bond acceptors (Lipinski definition) is 1. The van der Waals surface area contributed by atoms with E-state index in [1.165, 1.54) is 12.8 Å². The molecule has 0 aromatic heterocycles. The second kappa shape index (κ2) is 5.86. The quantitative estimate of drug-likeness (QED) is 0.735. The highest BCUT2D eigenvalue weighted by atomic mass is 19.1. The van der Waals surface area contributed by atoms with Gasteiger partial charge in [-0.1, -0.05) is 38.3 Å². The van der Waals surface area contributed by atoms with Gasteiger partial charge in [0.05, 0.1) is 0 Å². The molecule has 1 atom stereocenters. The van der Waals surface area contributed by atoms with E-state index in [1.54, 1.807) is 19.1 Å². The van der Waals surface area contributed by atoms with Gasteiger partial charge in [-0.2, -0.15) is 0 Å². The summed E-state index contributed by atoms with van der Waals surface area (Å²) in [5, 5.41) is 0. The van der Waals surface area contributed by atoms with Crippen LogP contribution in [0.25, 0.3) is 0 Å². The topological polar surface area (TPSA) is 26.0 Å². The van der Waals surface area contributed by atoms with E-state index < -0.39 is 0 Å². The van der Waals surface area contributed by atoms with E-state index in [-0.39, 0.29) is 11.9 Å². The number of benzene rings is 1. The van der Waals surface area contributed by atoms with E-state index >= 15 is 0 Å². The number of nitrogens with two attached hydrogens (primary N) is 1. The molecule has 0 fully saturated rings. The summed E-state index contributed by atoms with van der Waals surface area (Å²) in [6, 6.07) is 5.26. The average molecular weight is 209 g/mol. The van der Waals surface area contributed by atoms with E-state index in [9.17, 15) is 4.39 Å². The van der Waals surface area contributed by atoms with Gasteiger partial charge in [0.25, 0.3) is 0 Å². The third-order valence-electron chi connectivity index (χ3n) is 2.74. The van der Waals surface area contributed by atoms with Crippen LogP contribution in [-0.2, 0) is 0 Å². The molecule has 0 aliphatic carbocycles. The molecule has 0 heterocycles. The van der Waals surface area contributed by atoms with Crippen LogP contribution in [0.5, 0.6) is 0 Å². The van der Waals surface area contributed by atoms with Crippen LogP contribution in [0.3, 0.4) is 0 Å². The molecule has 0 aliphatic heterocycles. The van der Waals surface area contributed by atoms with Crippen molar-refractivity contribution in [3.05, 3.63) is 35.1 Å². The molecule has 0 spiro atoms. The zero-order valence-electron chi connectivity index (χ0n) is 9.59. The highest BCUT2D eigenvalue weighted by molar-refractivity contribution is 5.25. The van der Waals surface area contributed by atoms with Gasteiger partial charge in [0.2, 0.25) is 0 Å². The summed E-state index contributed by atoms with van der Waals surface area (Å²) < 4.78 is 13.3. The van der Waals surface area contributed by atoms with Gasteiger partial charge in [0, 0.05) is 6.04 Å². The minimum absolute atomic E-state index is 0.0216. The number of unbranched alkanes of at least 4 members (excludes halogenated alkanes) is 2. The fourth-order valence-electron chi connectivity index (χ4n) is 1.62. The van der Waals surface area contributed by atoms with Crippen molar-refractivity contribution in [2.45, 2.75) is 45.6 Å². The molecule has 0 unspecified atom stereocenters. The van der Waals surface area contributed by atoms with Gasteiger partial charge < -0.3 is 5.73 Å². The lowest BCUT2D eigenvalue weighted by atomic mass is 10.00. The largest absolute Gasteiger partial charge is 0.324 e. The Kier molecular flexibility index (Phi) is 4.76. The van der Waals surface area contributed by atoms with E-state index in [0.717, 1.165) is 18.4 Å². The first-order chi connectivity index (χ1) is 7.15. The molecule has 1 aromatic rings. The molecular formula is C13H20FN. The first-order valence-electron chi connectivity index (χ1n) is 5.66. The Morgan fingerprint density at radius 1 is 1.33 bits per heavy atom. The predicted molar refractivity (Wildman–Crippen MR) is 62.2 cm³/mol. The predicted octanol–water partition coefficient (Wildman–Crippen LogP) is 3.71. The summed E-state index contributed by atoms with van der Waals surface area (Å²) in [6.45, 7) is 3.93. The van der Waals surface area contributed by atoms with Gasteiger partial charge in [-0.15, -0.1) is 0 Å². The van der Waals surface area contributed by atoms with E-state index in [4.69, 9.17) is 5.73 Å². The van der Waals surface area contributed by atoms with Crippen LogP contribution in [0.4, 0.5) is 4.39 Å². The van der Waals surface area contributed by atoms with E-state index in [2.05, 4.69) is 6.92 Å². The summed E-state index contributed by atoms with van der Waals surface area (Å²) in [7, 11) is 0. The fourth-order valence-corrected chi connectivity index (χ4v) is 1.62. The third-order valence-corrected chi connectivity index (χ3v) is 2.74. The van der Waals surface area contributed by atoms with Crippen LogP contribution in [0, 0.1) is 12.7 Å². The molecule has 1 nitrogen and oxygen atoms in total. The minimum Gasteiger partial charge on any atom is -0.324 e. The second-order valence-corrected chi connectivity index (χ2v) is 4.11. The number of aryl methyl sites for hydroxylation is 1. The Morgan fingerprint density at radius 3 is 2.67 bits per heavy atom. The molecular weight excluding hydrogens is 189 g/mol. The van der Waals surface area contributed by atoms with Crippen molar-refractivity contribution in [2.24, 2.45) is 5.73 Å². The maximum Gasteiger partial charge on any atom is 0.126 e. The Balaban J connectivity index is 2.57. The van der Waals surface area contributed by atoms with Crippen molar-refractivity contribution in [1.82, 2.24) is 0 Å². The summed E-state index contributed by atoms with van der Waals surface area (Å²) in [5.41, 5.74) is 7.58. The maximum atomic E-state index is 13.3. The standard InChI is InChI=1S/C13H20FN/c1-3-4-5-6-13(15)11-8-7-10(2)12(14)9-11/h7-9,13H,3-6,15H2,1-2H3/t13-/m1/s1. The number of rotatable bonds is 5. The van der Waals surface area contributed by atoms with Crippen LogP contribution in [0.2, 0.25) is 0 Å². The summed E-state index contributed by atoms with van der Waals surface area (Å²) in [6.07, 6.45) is 4.44. The van der Waals surface area contributed by atoms with Gasteiger partial charge in [-0.05, 0) is 30.5 Å². The van der Waals surface area contributed by atoms with Crippen molar-refractivity contribution in [2.75, 3.05) is 0 Å². The van der Waals surface area contributed by atoms with Crippen LogP contribution in [0.1, 0.15) is 49.8 Å². The van der Waals surface area contributed by atoms with Crippen molar-refractivity contribution >= 4 is 0 Å². The molecule has 0 saturated carbocycles. The number of hydrogen-bond donors (Lipinski definition) is 1. The minimum atomic E-state index is -0.154. The Labute approximate surface area is 91.5 Å². The Bertz CT molecular complexity index is 309. The zero-order chi connectivity index (χ0) is 11.3. The second-order valence-electron chi connectivity index (χ2n) is 4.11. The summed E-state index contributed by atoms with van der Waals surface area (Å²) in [4.78, 5) is 0. The normalized spacial score (nSPS) is 12.8. The SMILES string of the molecule is CCCCC[C@@H](N)c1ccc(C)c(F)c1. The molecule has 1 rings (SSSR count). The van der Waals surface area contributed by atoms with Gasteiger partial charge in [-0.25, -0.2) is 4.39 Å². The Morgan fingerprint density at radius 2 is 2.07 bits per heavy atom. The number of halogens is 1. The molecule has 1 aromatic carbocycles. The van der Waals surface area contributed by atoms with Crippen LogP contribution in [-0.4, -0.2) is 0 Å². The molecule has 2 heteroatoms. The molecule has 0 bridgehead atoms. The average Bonchev–Trinajstić information content (AvgIpc) is 2.22. The molecule has 84 valence electrons. The smallest absolute Gasteiger partial charge is 0.126 e. The van der Waals surface area contributed by atoms with Gasteiger partial charge in [0.1, 0.15) is 5.82 Å². The van der Waals surface area contributed by atoms with Crippen molar-refractivity contribution in [1.29, 1.82) is 0 Å². The van der Waals surface area contributed by atoms with Crippen molar-refractivity contribution in [3.63, 3.8) is 0 Å². The monoisotopic (exact) mass is 209 g/mol. The lowest BCUT2D eigenvalue weighted by Crippen LogP contribution is -2.10. The van der Waals surface area contributed by atoms with E-state index in [1.807, 2.05) is 6.07 Å². The molecule has 0 amide bonds. The van der Waals surface area contributed by atoms with Gasteiger partial charge in [0.15, 0.2) is 0 Å². The zero-order valence-corrected chi connectivity index (χ0v) is 9.59. The molecule has 0 aliphatic rings. The molecule has 2 N–H and O–H groups in total. The molecule has 0 radical (unpaired) electrons.